The normalized spacial score (nSPS) is 12.0. The highest BCUT2D eigenvalue weighted by Crippen LogP contribution is 2.40. The lowest BCUT2D eigenvalue weighted by Crippen LogP contribution is -2.23. The molecule has 0 bridgehead atoms. The highest BCUT2D eigenvalue weighted by Gasteiger charge is 2.25. The van der Waals surface area contributed by atoms with Crippen molar-refractivity contribution in [2.45, 2.75) is 33.2 Å². The van der Waals surface area contributed by atoms with Crippen molar-refractivity contribution in [1.82, 2.24) is 9.97 Å². The third kappa shape index (κ3) is 5.00. The van der Waals surface area contributed by atoms with Crippen molar-refractivity contribution < 1.29 is 13.5 Å². The lowest BCUT2D eigenvalue weighted by Gasteiger charge is -2.23. The first kappa shape index (κ1) is 22.1. The first-order chi connectivity index (χ1) is 13.3. The third-order valence-corrected chi connectivity index (χ3v) is 4.76. The van der Waals surface area contributed by atoms with Crippen molar-refractivity contribution in [2.24, 2.45) is 5.92 Å². The summed E-state index contributed by atoms with van der Waals surface area (Å²) in [4.78, 5) is 7.51. The molecule has 150 valence electrons. The van der Waals surface area contributed by atoms with Crippen LogP contribution in [0.4, 0.5) is 14.5 Å². The van der Waals surface area contributed by atoms with E-state index in [0.717, 1.165) is 12.3 Å². The smallest absolute Gasteiger partial charge is 0.233 e. The van der Waals surface area contributed by atoms with Gasteiger partial charge in [0.05, 0.1) is 12.2 Å². The molecule has 0 aliphatic carbocycles. The molecule has 0 fully saturated rings. The number of nitrogens with one attached hydrogen (secondary N) is 1. The molecule has 9 heteroatoms. The van der Waals surface area contributed by atoms with Gasteiger partial charge < -0.3 is 10.1 Å². The van der Waals surface area contributed by atoms with Crippen molar-refractivity contribution in [3.05, 3.63) is 34.9 Å². The van der Waals surface area contributed by atoms with Gasteiger partial charge in [0.25, 0.3) is 0 Å². The standard InChI is InChI=1S/C19H20Cl2F2N4O/c1-10(2)11(3)26-18-14(28-6-4-5-20)7-13(22)16(17(18)23)12-9-25-15(8-24)27-19(12)21/h7,9-11,26H,4-6H2,1-3H3. The third-order valence-electron chi connectivity index (χ3n) is 4.20. The maximum Gasteiger partial charge on any atom is 0.233 e. The van der Waals surface area contributed by atoms with Crippen LogP contribution in [0.25, 0.3) is 11.1 Å². The minimum Gasteiger partial charge on any atom is -0.491 e. The van der Waals surface area contributed by atoms with Gasteiger partial charge in [-0.05, 0) is 19.3 Å². The second-order valence-corrected chi connectivity index (χ2v) is 7.23. The largest absolute Gasteiger partial charge is 0.491 e. The van der Waals surface area contributed by atoms with E-state index < -0.39 is 17.2 Å². The minimum absolute atomic E-state index is 0.0209. The molecule has 0 radical (unpaired) electrons. The summed E-state index contributed by atoms with van der Waals surface area (Å²) in [6, 6.07) is 2.71. The van der Waals surface area contributed by atoms with E-state index in [2.05, 4.69) is 15.3 Å². The fraction of sp³-hybridized carbons (Fsp3) is 0.421. The van der Waals surface area contributed by atoms with Gasteiger partial charge >= 0.3 is 0 Å². The van der Waals surface area contributed by atoms with Crippen molar-refractivity contribution in [1.29, 1.82) is 5.26 Å². The molecule has 0 aliphatic rings. The summed E-state index contributed by atoms with van der Waals surface area (Å²) in [6.45, 7) is 6.04. The number of ether oxygens (including phenoxy) is 1. The molecule has 1 unspecified atom stereocenters. The number of aromatic nitrogens is 2. The highest BCUT2D eigenvalue weighted by molar-refractivity contribution is 6.32. The van der Waals surface area contributed by atoms with E-state index in [1.165, 1.54) is 0 Å². The number of anilines is 1. The number of alkyl halides is 1. The van der Waals surface area contributed by atoms with Crippen LogP contribution in [0.3, 0.4) is 0 Å². The van der Waals surface area contributed by atoms with Crippen LogP contribution in [0, 0.1) is 28.9 Å². The zero-order valence-electron chi connectivity index (χ0n) is 15.7. The van der Waals surface area contributed by atoms with Gasteiger partial charge in [-0.3, -0.25) is 0 Å². The summed E-state index contributed by atoms with van der Waals surface area (Å²) in [5.41, 5.74) is -0.423. The molecule has 0 saturated carbocycles. The summed E-state index contributed by atoms with van der Waals surface area (Å²) < 4.78 is 35.7. The maximum atomic E-state index is 15.4. The lowest BCUT2D eigenvalue weighted by atomic mass is 10.0. The predicted molar refractivity (Wildman–Crippen MR) is 106 cm³/mol. The average molecular weight is 429 g/mol. The van der Waals surface area contributed by atoms with Crippen LogP contribution < -0.4 is 10.1 Å². The molecule has 0 spiro atoms. The Bertz CT molecular complexity index is 887. The van der Waals surface area contributed by atoms with Gasteiger partial charge in [0, 0.05) is 29.7 Å². The van der Waals surface area contributed by atoms with Crippen molar-refractivity contribution in [3.63, 3.8) is 0 Å². The van der Waals surface area contributed by atoms with E-state index in [9.17, 15) is 4.39 Å². The Labute approximate surface area is 172 Å². The monoisotopic (exact) mass is 428 g/mol. The SMILES string of the molecule is CC(C)C(C)Nc1c(OCCCCl)cc(F)c(-c2cnc(C#N)nc2Cl)c1F. The molecule has 2 aromatic rings. The van der Waals surface area contributed by atoms with E-state index in [1.807, 2.05) is 20.8 Å². The van der Waals surface area contributed by atoms with Gasteiger partial charge in [-0.25, -0.2) is 18.7 Å². The van der Waals surface area contributed by atoms with Crippen LogP contribution in [-0.2, 0) is 0 Å². The Hall–Kier alpha value is -2.17. The Morgan fingerprint density at radius 1 is 1.32 bits per heavy atom. The lowest BCUT2D eigenvalue weighted by molar-refractivity contribution is 0.316. The first-order valence-electron chi connectivity index (χ1n) is 8.70. The molecule has 1 atom stereocenters. The van der Waals surface area contributed by atoms with Gasteiger partial charge in [0.15, 0.2) is 5.82 Å². The van der Waals surface area contributed by atoms with E-state index in [-0.39, 0.29) is 46.5 Å². The Balaban J connectivity index is 2.59. The zero-order valence-corrected chi connectivity index (χ0v) is 17.2. The Morgan fingerprint density at radius 2 is 2.04 bits per heavy atom. The number of hydrogen-bond donors (Lipinski definition) is 1. The van der Waals surface area contributed by atoms with Gasteiger partial charge in [-0.1, -0.05) is 25.4 Å². The van der Waals surface area contributed by atoms with Crippen LogP contribution in [0.2, 0.25) is 5.15 Å². The van der Waals surface area contributed by atoms with E-state index in [1.54, 1.807) is 6.07 Å². The van der Waals surface area contributed by atoms with Gasteiger partial charge in [-0.2, -0.15) is 5.26 Å². The first-order valence-corrected chi connectivity index (χ1v) is 9.61. The fourth-order valence-corrected chi connectivity index (χ4v) is 2.64. The topological polar surface area (TPSA) is 70.8 Å². The van der Waals surface area contributed by atoms with Crippen LogP contribution in [-0.4, -0.2) is 28.5 Å². The summed E-state index contributed by atoms with van der Waals surface area (Å²) in [5.74, 6) is -1.35. The molecule has 1 heterocycles. The number of rotatable bonds is 8. The Morgan fingerprint density at radius 3 is 2.61 bits per heavy atom. The van der Waals surface area contributed by atoms with Gasteiger partial charge in [0.1, 0.15) is 28.5 Å². The summed E-state index contributed by atoms with van der Waals surface area (Å²) >= 11 is 11.7. The van der Waals surface area contributed by atoms with Gasteiger partial charge in [-0.15, -0.1) is 11.6 Å². The van der Waals surface area contributed by atoms with Crippen LogP contribution in [0.15, 0.2) is 12.3 Å². The Kier molecular flexibility index (Phi) is 7.78. The van der Waals surface area contributed by atoms with Crippen molar-refractivity contribution in [3.8, 4) is 22.9 Å². The summed E-state index contributed by atoms with van der Waals surface area (Å²) in [6.07, 6.45) is 1.65. The molecule has 1 aromatic heterocycles. The van der Waals surface area contributed by atoms with Crippen molar-refractivity contribution in [2.75, 3.05) is 17.8 Å². The molecule has 2 rings (SSSR count). The molecule has 0 aliphatic heterocycles. The average Bonchev–Trinajstić information content (AvgIpc) is 2.65. The molecule has 0 amide bonds. The second kappa shape index (κ2) is 9.85. The van der Waals surface area contributed by atoms with E-state index in [0.29, 0.717) is 12.3 Å². The van der Waals surface area contributed by atoms with Crippen molar-refractivity contribution >= 4 is 28.9 Å². The number of hydrogen-bond acceptors (Lipinski definition) is 5. The van der Waals surface area contributed by atoms with E-state index in [4.69, 9.17) is 33.2 Å². The van der Waals surface area contributed by atoms with Crippen LogP contribution in [0.1, 0.15) is 33.0 Å². The summed E-state index contributed by atoms with van der Waals surface area (Å²) in [7, 11) is 0. The number of halogens is 4. The molecular weight excluding hydrogens is 409 g/mol. The predicted octanol–water partition coefficient (Wildman–Crippen LogP) is 5.41. The number of benzene rings is 1. The molecule has 0 saturated heterocycles. The molecule has 1 aromatic carbocycles. The van der Waals surface area contributed by atoms with E-state index >= 15 is 4.39 Å². The zero-order chi connectivity index (χ0) is 20.8. The fourth-order valence-electron chi connectivity index (χ4n) is 2.31. The number of nitrogens with zero attached hydrogens (tertiary/aromatic N) is 3. The summed E-state index contributed by atoms with van der Waals surface area (Å²) in [5, 5.41) is 11.7. The molecule has 1 N–H and O–H groups in total. The maximum absolute atomic E-state index is 15.4. The minimum atomic E-state index is -0.878. The highest BCUT2D eigenvalue weighted by atomic mass is 35.5. The second-order valence-electron chi connectivity index (χ2n) is 6.50. The number of nitriles is 1. The van der Waals surface area contributed by atoms with Crippen LogP contribution in [0.5, 0.6) is 5.75 Å². The van der Waals surface area contributed by atoms with Gasteiger partial charge in [0.2, 0.25) is 5.82 Å². The van der Waals surface area contributed by atoms with Crippen LogP contribution >= 0.6 is 23.2 Å². The quantitative estimate of drug-likeness (QED) is 0.345. The molecular formula is C19H20Cl2F2N4O. The molecule has 5 nitrogen and oxygen atoms in total. The molecule has 28 heavy (non-hydrogen) atoms.